The maximum atomic E-state index is 15.9. The van der Waals surface area contributed by atoms with Gasteiger partial charge in [0.15, 0.2) is 23.8 Å². The van der Waals surface area contributed by atoms with E-state index in [-0.39, 0.29) is 48.5 Å². The molecular weight excluding hydrogens is 1110 g/mol. The fourth-order valence-electron chi connectivity index (χ4n) is 13.7. The molecular formula is C67H87NO18. The van der Waals surface area contributed by atoms with Gasteiger partial charge in [-0.25, -0.2) is 14.4 Å². The van der Waals surface area contributed by atoms with Crippen molar-refractivity contribution in [1.29, 1.82) is 0 Å². The number of hydrogen-bond acceptors (Lipinski definition) is 18. The summed E-state index contributed by atoms with van der Waals surface area (Å²) in [5.41, 5.74) is -7.58. The Balaban J connectivity index is 1.09. The zero-order chi connectivity index (χ0) is 61.8. The molecule has 3 unspecified atom stereocenters. The number of unbranched alkanes of at least 4 members (excludes halogenated alkanes) is 12. The van der Waals surface area contributed by atoms with Crippen LogP contribution in [-0.4, -0.2) is 132 Å². The van der Waals surface area contributed by atoms with Crippen LogP contribution >= 0.6 is 0 Å². The van der Waals surface area contributed by atoms with Gasteiger partial charge in [0.1, 0.15) is 42.7 Å². The second kappa shape index (κ2) is 29.0. The van der Waals surface area contributed by atoms with Gasteiger partial charge in [0.25, 0.3) is 5.91 Å². The molecule has 0 spiro atoms. The molecule has 3 aliphatic carbocycles. The number of ether oxygens (including phenoxy) is 9. The number of Topliss-reactive ketones (excluding diaryl/α,β-unsaturated/α-hetero) is 1. The van der Waals surface area contributed by atoms with E-state index >= 15 is 9.59 Å². The van der Waals surface area contributed by atoms with Gasteiger partial charge in [0.05, 0.1) is 36.2 Å². The summed E-state index contributed by atoms with van der Waals surface area (Å²) in [4.78, 5) is 101. The Morgan fingerprint density at radius 3 is 1.88 bits per heavy atom. The minimum Gasteiger partial charge on any atom is -0.455 e. The molecule has 19 heteroatoms. The summed E-state index contributed by atoms with van der Waals surface area (Å²) in [5.74, 6) is -7.12. The number of benzene rings is 3. The predicted octanol–water partition coefficient (Wildman–Crippen LogP) is 10.1. The Bertz CT molecular complexity index is 2860. The minimum absolute atomic E-state index is 0.0417. The number of aliphatic hydroxyl groups excluding tert-OH is 1. The molecule has 2 bridgehead atoms. The normalized spacial score (nSPS) is 28.8. The quantitative estimate of drug-likeness (QED) is 0.0278. The van der Waals surface area contributed by atoms with Crippen molar-refractivity contribution in [2.75, 3.05) is 19.8 Å². The van der Waals surface area contributed by atoms with Gasteiger partial charge in [-0.15, -0.1) is 0 Å². The maximum Gasteiger partial charge on any atom is 0.509 e. The first-order valence-corrected chi connectivity index (χ1v) is 30.8. The SMILES string of the molecule is CCCCCCCCCCCCCCCC1OCC(COC(=O)O[C@@H](C(=O)O[C@H]2C[C@@]3(O)[C@@H](OC(=O)c4ccccc4)[C@@H]4[C@]5(OC(C)=O)CO[C@@H]5C[C@H](O)[C@@]4(C)C(=O)[C@H](OC(C)=O)C(=C2C)C3(C)C)C(NC(=O)c2ccccc2)c2ccccc2)O1. The summed E-state index contributed by atoms with van der Waals surface area (Å²) in [5, 5.41) is 29.2. The molecule has 0 radical (unpaired) electrons. The molecule has 4 fully saturated rings. The highest BCUT2D eigenvalue weighted by atomic mass is 16.8. The van der Waals surface area contributed by atoms with Crippen LogP contribution in [0.4, 0.5) is 4.79 Å². The lowest BCUT2D eigenvalue weighted by Crippen LogP contribution is -2.82. The second-order valence-corrected chi connectivity index (χ2v) is 24.6. The van der Waals surface area contributed by atoms with Gasteiger partial charge >= 0.3 is 30.0 Å². The van der Waals surface area contributed by atoms with Gasteiger partial charge in [0, 0.05) is 37.7 Å². The van der Waals surface area contributed by atoms with Crippen molar-refractivity contribution in [3.05, 3.63) is 119 Å². The average Bonchev–Trinajstić information content (AvgIpc) is 0.696. The Morgan fingerprint density at radius 2 is 1.31 bits per heavy atom. The van der Waals surface area contributed by atoms with Crippen LogP contribution in [0.25, 0.3) is 0 Å². The van der Waals surface area contributed by atoms with Gasteiger partial charge in [-0.1, -0.05) is 165 Å². The highest BCUT2D eigenvalue weighted by Gasteiger charge is 2.78. The third kappa shape index (κ3) is 14.4. The lowest BCUT2D eigenvalue weighted by atomic mass is 9.44. The second-order valence-electron chi connectivity index (χ2n) is 24.6. The van der Waals surface area contributed by atoms with Crippen molar-refractivity contribution in [2.45, 2.75) is 217 Å². The summed E-state index contributed by atoms with van der Waals surface area (Å²) in [6.07, 6.45) is 3.04. The van der Waals surface area contributed by atoms with Gasteiger partial charge in [0.2, 0.25) is 6.10 Å². The van der Waals surface area contributed by atoms with Crippen LogP contribution in [0.5, 0.6) is 0 Å². The zero-order valence-electron chi connectivity index (χ0n) is 50.8. The number of carbonyl (C=O) groups excluding carboxylic acids is 7. The molecule has 19 nitrogen and oxygen atoms in total. The highest BCUT2D eigenvalue weighted by molar-refractivity contribution is 5.96. The van der Waals surface area contributed by atoms with Gasteiger partial charge < -0.3 is 58.2 Å². The van der Waals surface area contributed by atoms with Crippen LogP contribution in [0.3, 0.4) is 0 Å². The van der Waals surface area contributed by atoms with E-state index in [1.54, 1.807) is 92.7 Å². The van der Waals surface area contributed by atoms with Crippen molar-refractivity contribution < 1.29 is 86.4 Å². The highest BCUT2D eigenvalue weighted by Crippen LogP contribution is 2.64. The van der Waals surface area contributed by atoms with E-state index in [1.165, 1.54) is 90.2 Å². The van der Waals surface area contributed by atoms with Crippen molar-refractivity contribution in [1.82, 2.24) is 5.32 Å². The molecule has 2 saturated carbocycles. The zero-order valence-corrected chi connectivity index (χ0v) is 50.8. The number of esters is 4. The smallest absolute Gasteiger partial charge is 0.455 e. The number of hydrogen-bond donors (Lipinski definition) is 3. The van der Waals surface area contributed by atoms with E-state index in [4.69, 9.17) is 42.6 Å². The van der Waals surface area contributed by atoms with E-state index in [0.717, 1.165) is 33.1 Å². The number of amides is 1. The number of rotatable bonds is 27. The van der Waals surface area contributed by atoms with E-state index < -0.39 is 131 Å². The standard InChI is InChI=1S/C67H87NO18/c1-8-9-10-11-12-13-14-15-16-17-18-19-29-36-52-78-39-48(82-52)40-79-63(76)84-56(54(45-30-23-20-24-31-45)68-60(73)46-32-25-21-26-33-46)62(75)83-49-38-67(77)59(85-61(74)47-34-27-22-28-35-47)57-65(7,50(71)37-51-66(57,41-80-51)86-44(4)70)58(72)55(81-43(3)69)53(42(49)2)64(67,5)6/h20-28,30-35,48-52,54-57,59,71,77H,8-19,29,36-41H2,1-7H3,(H,68,73)/t48?,49-,50-,51+,52?,54?,55+,56+,57-,59-,65+,66-,67+/m0/s1. The average molecular weight is 1190 g/mol. The van der Waals surface area contributed by atoms with Crippen LogP contribution < -0.4 is 5.32 Å². The lowest BCUT2D eigenvalue weighted by molar-refractivity contribution is -0.346. The molecule has 2 heterocycles. The summed E-state index contributed by atoms with van der Waals surface area (Å²) in [6, 6.07) is 22.7. The minimum atomic E-state index is -2.49. The Labute approximate surface area is 504 Å². The van der Waals surface area contributed by atoms with Crippen molar-refractivity contribution in [3.8, 4) is 0 Å². The van der Waals surface area contributed by atoms with Crippen molar-refractivity contribution in [2.24, 2.45) is 16.7 Å². The first kappa shape index (κ1) is 65.5. The summed E-state index contributed by atoms with van der Waals surface area (Å²) in [6.45, 7) is 9.95. The number of fused-ring (bicyclic) bond motifs is 5. The molecule has 13 atom stereocenters. The van der Waals surface area contributed by atoms with E-state index in [0.29, 0.717) is 12.0 Å². The monoisotopic (exact) mass is 1190 g/mol. The van der Waals surface area contributed by atoms with E-state index in [1.807, 2.05) is 0 Å². The third-order valence-corrected chi connectivity index (χ3v) is 18.4. The number of ketones is 1. The lowest BCUT2D eigenvalue weighted by Gasteiger charge is -2.67. The summed E-state index contributed by atoms with van der Waals surface area (Å²) in [7, 11) is 0. The fourth-order valence-corrected chi connectivity index (χ4v) is 13.7. The van der Waals surface area contributed by atoms with Gasteiger partial charge in [-0.3, -0.25) is 19.2 Å². The Kier molecular flexibility index (Phi) is 22.1. The van der Waals surface area contributed by atoms with Crippen LogP contribution in [0.2, 0.25) is 0 Å². The Morgan fingerprint density at radius 1 is 0.733 bits per heavy atom. The molecule has 3 aromatic carbocycles. The third-order valence-electron chi connectivity index (χ3n) is 18.4. The number of aliphatic hydroxyl groups is 2. The summed E-state index contributed by atoms with van der Waals surface area (Å²) < 4.78 is 54.7. The Hall–Kier alpha value is -6.51. The molecule has 2 saturated heterocycles. The molecule has 8 rings (SSSR count). The molecule has 3 aromatic rings. The fraction of sp³-hybridized carbons (Fsp3) is 0.597. The maximum absolute atomic E-state index is 15.9. The largest absolute Gasteiger partial charge is 0.509 e. The van der Waals surface area contributed by atoms with Gasteiger partial charge in [-0.2, -0.15) is 0 Å². The predicted molar refractivity (Wildman–Crippen MR) is 313 cm³/mol. The van der Waals surface area contributed by atoms with E-state index in [9.17, 15) is 34.2 Å². The van der Waals surface area contributed by atoms with Crippen LogP contribution in [0.15, 0.2) is 102 Å². The van der Waals surface area contributed by atoms with Crippen molar-refractivity contribution >= 4 is 41.7 Å². The molecule has 2 aliphatic heterocycles. The topological polar surface area (TPSA) is 255 Å². The van der Waals surface area contributed by atoms with Crippen molar-refractivity contribution in [3.63, 3.8) is 0 Å². The number of nitrogens with one attached hydrogen (secondary N) is 1. The first-order valence-electron chi connectivity index (χ1n) is 30.8. The van der Waals surface area contributed by atoms with Crippen LogP contribution in [0, 0.1) is 16.7 Å². The molecule has 0 aromatic heterocycles. The van der Waals surface area contributed by atoms with Crippen LogP contribution in [-0.2, 0) is 61.8 Å². The molecule has 1 amide bonds. The molecule has 86 heavy (non-hydrogen) atoms. The first-order chi connectivity index (χ1) is 41.2. The molecule has 468 valence electrons. The van der Waals surface area contributed by atoms with Crippen LogP contribution in [0.1, 0.15) is 184 Å². The van der Waals surface area contributed by atoms with Gasteiger partial charge in [-0.05, 0) is 67.7 Å². The number of carbonyl (C=O) groups is 7. The summed E-state index contributed by atoms with van der Waals surface area (Å²) >= 11 is 0. The molecule has 5 aliphatic rings. The van der Waals surface area contributed by atoms with E-state index in [2.05, 4.69) is 12.2 Å². The molecule has 3 N–H and O–H groups in total.